The molecular formula is C22H24F3NO. The number of nitrogens with zero attached hydrogens (tertiary/aromatic N) is 1. The summed E-state index contributed by atoms with van der Waals surface area (Å²) < 4.78 is 38.6. The molecule has 1 heterocycles. The summed E-state index contributed by atoms with van der Waals surface area (Å²) in [5.74, 6) is 1.84. The first-order chi connectivity index (χ1) is 12.9. The molecular weight excluding hydrogens is 351 g/mol. The van der Waals surface area contributed by atoms with Crippen molar-refractivity contribution in [3.05, 3.63) is 71.3 Å². The van der Waals surface area contributed by atoms with Gasteiger partial charge in [0.2, 0.25) is 0 Å². The predicted molar refractivity (Wildman–Crippen MR) is 98.2 cm³/mol. The number of halogens is 3. The van der Waals surface area contributed by atoms with E-state index in [4.69, 9.17) is 0 Å². The molecule has 0 aromatic heterocycles. The van der Waals surface area contributed by atoms with Gasteiger partial charge in [-0.2, -0.15) is 13.2 Å². The third-order valence-corrected chi connectivity index (χ3v) is 6.13. The SMILES string of the molecule is OC(CN1CC2CC(c3ccccc3)CC2C1)c1cccc(C(F)(F)F)c1. The van der Waals surface area contributed by atoms with E-state index in [9.17, 15) is 18.3 Å². The molecule has 0 spiro atoms. The number of aliphatic hydroxyl groups is 1. The molecule has 3 unspecified atom stereocenters. The summed E-state index contributed by atoms with van der Waals surface area (Å²) in [4.78, 5) is 2.21. The summed E-state index contributed by atoms with van der Waals surface area (Å²) in [6, 6.07) is 15.6. The van der Waals surface area contributed by atoms with Gasteiger partial charge in [0.1, 0.15) is 0 Å². The highest BCUT2D eigenvalue weighted by Crippen LogP contribution is 2.46. The molecule has 2 nitrogen and oxygen atoms in total. The van der Waals surface area contributed by atoms with Gasteiger partial charge in [-0.05, 0) is 53.9 Å². The van der Waals surface area contributed by atoms with Crippen LogP contribution < -0.4 is 0 Å². The van der Waals surface area contributed by atoms with Crippen LogP contribution in [-0.2, 0) is 6.18 Å². The first-order valence-corrected chi connectivity index (χ1v) is 9.52. The number of fused-ring (bicyclic) bond motifs is 1. The molecule has 2 aromatic rings. The van der Waals surface area contributed by atoms with E-state index in [2.05, 4.69) is 29.2 Å². The average molecular weight is 375 g/mol. The molecule has 1 saturated heterocycles. The van der Waals surface area contributed by atoms with Gasteiger partial charge in [0.25, 0.3) is 0 Å². The third kappa shape index (κ3) is 4.04. The second-order valence-corrected chi connectivity index (χ2v) is 7.96. The van der Waals surface area contributed by atoms with Gasteiger partial charge in [-0.1, -0.05) is 42.5 Å². The maximum Gasteiger partial charge on any atom is 0.416 e. The minimum absolute atomic E-state index is 0.337. The van der Waals surface area contributed by atoms with Gasteiger partial charge >= 0.3 is 6.18 Å². The number of aliphatic hydroxyl groups excluding tert-OH is 1. The van der Waals surface area contributed by atoms with E-state index in [-0.39, 0.29) is 0 Å². The van der Waals surface area contributed by atoms with Gasteiger partial charge in [0.15, 0.2) is 0 Å². The van der Waals surface area contributed by atoms with E-state index in [0.29, 0.717) is 29.9 Å². The Balaban J connectivity index is 1.35. The minimum Gasteiger partial charge on any atom is -0.387 e. The Morgan fingerprint density at radius 3 is 2.26 bits per heavy atom. The lowest BCUT2D eigenvalue weighted by atomic mass is 9.96. The molecule has 2 aromatic carbocycles. The molecule has 3 atom stereocenters. The quantitative estimate of drug-likeness (QED) is 0.825. The lowest BCUT2D eigenvalue weighted by Gasteiger charge is -2.22. The van der Waals surface area contributed by atoms with Crippen molar-refractivity contribution in [1.82, 2.24) is 4.90 Å². The summed E-state index contributed by atoms with van der Waals surface area (Å²) in [7, 11) is 0. The Hall–Kier alpha value is -1.85. The number of alkyl halides is 3. The van der Waals surface area contributed by atoms with Gasteiger partial charge in [0, 0.05) is 19.6 Å². The van der Waals surface area contributed by atoms with Gasteiger partial charge < -0.3 is 5.11 Å². The van der Waals surface area contributed by atoms with E-state index < -0.39 is 17.8 Å². The summed E-state index contributed by atoms with van der Waals surface area (Å²) >= 11 is 0. The monoisotopic (exact) mass is 375 g/mol. The zero-order valence-corrected chi connectivity index (χ0v) is 15.1. The second kappa shape index (κ2) is 7.28. The summed E-state index contributed by atoms with van der Waals surface area (Å²) in [5.41, 5.74) is 1.04. The fraction of sp³-hybridized carbons (Fsp3) is 0.455. The summed E-state index contributed by atoms with van der Waals surface area (Å²) in [6.07, 6.45) is -2.96. The maximum atomic E-state index is 12.9. The van der Waals surface area contributed by atoms with Crippen molar-refractivity contribution < 1.29 is 18.3 Å². The molecule has 0 amide bonds. The van der Waals surface area contributed by atoms with Gasteiger partial charge in [-0.3, -0.25) is 4.90 Å². The van der Waals surface area contributed by atoms with Crippen LogP contribution in [0.15, 0.2) is 54.6 Å². The van der Waals surface area contributed by atoms with Crippen LogP contribution in [0.3, 0.4) is 0 Å². The number of rotatable bonds is 4. The van der Waals surface area contributed by atoms with Gasteiger partial charge in [0.05, 0.1) is 11.7 Å². The zero-order chi connectivity index (χ0) is 19.0. The Morgan fingerprint density at radius 2 is 1.63 bits per heavy atom. The number of benzene rings is 2. The van der Waals surface area contributed by atoms with Crippen LogP contribution in [0, 0.1) is 11.8 Å². The van der Waals surface area contributed by atoms with Gasteiger partial charge in [-0.15, -0.1) is 0 Å². The Labute approximate surface area is 157 Å². The van der Waals surface area contributed by atoms with Crippen LogP contribution in [0.25, 0.3) is 0 Å². The van der Waals surface area contributed by atoms with E-state index >= 15 is 0 Å². The summed E-state index contributed by atoms with van der Waals surface area (Å²) in [5, 5.41) is 10.5. The molecule has 5 heteroatoms. The van der Waals surface area contributed by atoms with Crippen molar-refractivity contribution >= 4 is 0 Å². The van der Waals surface area contributed by atoms with E-state index in [1.54, 1.807) is 6.07 Å². The molecule has 1 saturated carbocycles. The first-order valence-electron chi connectivity index (χ1n) is 9.52. The topological polar surface area (TPSA) is 23.5 Å². The molecule has 0 bridgehead atoms. The molecule has 2 aliphatic rings. The fourth-order valence-corrected chi connectivity index (χ4v) is 4.82. The minimum atomic E-state index is -4.38. The smallest absolute Gasteiger partial charge is 0.387 e. The van der Waals surface area contributed by atoms with Crippen LogP contribution in [0.5, 0.6) is 0 Å². The van der Waals surface area contributed by atoms with Crippen molar-refractivity contribution in [2.24, 2.45) is 11.8 Å². The normalized spacial score (nSPS) is 26.9. The van der Waals surface area contributed by atoms with Crippen molar-refractivity contribution in [2.45, 2.75) is 31.0 Å². The molecule has 27 heavy (non-hydrogen) atoms. The lowest BCUT2D eigenvalue weighted by Crippen LogP contribution is -2.27. The number of likely N-dealkylation sites (tertiary alicyclic amines) is 1. The lowest BCUT2D eigenvalue weighted by molar-refractivity contribution is -0.137. The largest absolute Gasteiger partial charge is 0.416 e. The first kappa shape index (κ1) is 18.5. The van der Waals surface area contributed by atoms with Crippen LogP contribution in [0.4, 0.5) is 13.2 Å². The number of β-amino-alcohol motifs (C(OH)–C–C–N with tert-alkyl or cyclic N) is 1. The number of hydrogen-bond donors (Lipinski definition) is 1. The highest BCUT2D eigenvalue weighted by Gasteiger charge is 2.41. The second-order valence-electron chi connectivity index (χ2n) is 7.96. The van der Waals surface area contributed by atoms with E-state index in [0.717, 1.165) is 38.1 Å². The van der Waals surface area contributed by atoms with Crippen LogP contribution in [-0.4, -0.2) is 29.6 Å². The van der Waals surface area contributed by atoms with E-state index in [1.165, 1.54) is 11.6 Å². The van der Waals surface area contributed by atoms with Crippen molar-refractivity contribution in [3.8, 4) is 0 Å². The highest BCUT2D eigenvalue weighted by atomic mass is 19.4. The standard InChI is InChI=1S/C22H24F3NO/c23-22(24,25)20-8-4-7-16(11-20)21(27)14-26-12-18-9-17(10-19(18)13-26)15-5-2-1-3-6-15/h1-8,11,17-19,21,27H,9-10,12-14H2. The molecule has 4 rings (SSSR count). The van der Waals surface area contributed by atoms with Crippen LogP contribution >= 0.6 is 0 Å². The summed E-state index contributed by atoms with van der Waals surface area (Å²) in [6.45, 7) is 2.23. The average Bonchev–Trinajstić information content (AvgIpc) is 3.20. The Bertz CT molecular complexity index is 763. The highest BCUT2D eigenvalue weighted by molar-refractivity contribution is 5.27. The van der Waals surface area contributed by atoms with Crippen LogP contribution in [0.2, 0.25) is 0 Å². The van der Waals surface area contributed by atoms with Crippen molar-refractivity contribution in [2.75, 3.05) is 19.6 Å². The van der Waals surface area contributed by atoms with Crippen LogP contribution in [0.1, 0.15) is 41.6 Å². The zero-order valence-electron chi connectivity index (χ0n) is 15.1. The molecule has 1 aliphatic carbocycles. The molecule has 144 valence electrons. The third-order valence-electron chi connectivity index (χ3n) is 6.13. The van der Waals surface area contributed by atoms with E-state index in [1.807, 2.05) is 6.07 Å². The molecule has 2 fully saturated rings. The predicted octanol–water partition coefficient (Wildman–Crippen LogP) is 4.86. The molecule has 1 N–H and O–H groups in total. The maximum absolute atomic E-state index is 12.9. The molecule has 0 radical (unpaired) electrons. The molecule has 1 aliphatic heterocycles. The Kier molecular flexibility index (Phi) is 4.99. The Morgan fingerprint density at radius 1 is 0.963 bits per heavy atom. The fourth-order valence-electron chi connectivity index (χ4n) is 4.82. The van der Waals surface area contributed by atoms with Crippen molar-refractivity contribution in [1.29, 1.82) is 0 Å². The van der Waals surface area contributed by atoms with Crippen molar-refractivity contribution in [3.63, 3.8) is 0 Å². The number of hydrogen-bond acceptors (Lipinski definition) is 2. The van der Waals surface area contributed by atoms with Gasteiger partial charge in [-0.25, -0.2) is 0 Å².